The Morgan fingerprint density at radius 1 is 0.978 bits per heavy atom. The molecule has 1 aliphatic heterocycles. The minimum atomic E-state index is -0.290. The Morgan fingerprint density at radius 3 is 2.38 bits per heavy atom. The maximum atomic E-state index is 12.4. The maximum absolute atomic E-state index is 12.4. The summed E-state index contributed by atoms with van der Waals surface area (Å²) in [6.07, 6.45) is 8.69. The molecule has 6 rings (SSSR count). The van der Waals surface area contributed by atoms with E-state index in [2.05, 4.69) is 113 Å². The van der Waals surface area contributed by atoms with Gasteiger partial charge in [-0.1, -0.05) is 55.5 Å². The van der Waals surface area contributed by atoms with E-state index in [1.165, 1.54) is 22.4 Å². The van der Waals surface area contributed by atoms with E-state index in [0.717, 1.165) is 72.1 Å². The minimum Gasteiger partial charge on any atom is -0.371 e. The molecule has 0 radical (unpaired) electrons. The summed E-state index contributed by atoms with van der Waals surface area (Å²) in [4.78, 5) is 30.4. The predicted octanol–water partition coefficient (Wildman–Crippen LogP) is 7.13. The summed E-state index contributed by atoms with van der Waals surface area (Å²) in [6.45, 7) is 6.34. The molecule has 0 spiro atoms. The molecule has 1 N–H and O–H groups in total. The molecule has 0 aliphatic carbocycles. The number of aryl methyl sites for hydroxylation is 2. The number of carbonyl (C=O) groups is 2. The van der Waals surface area contributed by atoms with Crippen LogP contribution in [0.1, 0.15) is 66.7 Å². The van der Waals surface area contributed by atoms with Crippen molar-refractivity contribution in [2.75, 3.05) is 25.0 Å². The summed E-state index contributed by atoms with van der Waals surface area (Å²) >= 11 is 0. The van der Waals surface area contributed by atoms with Crippen LogP contribution in [-0.2, 0) is 16.0 Å². The van der Waals surface area contributed by atoms with Gasteiger partial charge in [-0.15, -0.1) is 0 Å². The second kappa shape index (κ2) is 13.5. The Morgan fingerprint density at radius 2 is 1.71 bits per heavy atom. The van der Waals surface area contributed by atoms with Gasteiger partial charge in [0, 0.05) is 49.6 Å². The van der Waals surface area contributed by atoms with Gasteiger partial charge in [0.25, 0.3) is 0 Å². The lowest BCUT2D eigenvalue weighted by Gasteiger charge is -2.34. The number of aldehydes is 1. The molecule has 0 bridgehead atoms. The molecule has 1 aliphatic rings. The molecule has 5 aromatic rings. The first-order chi connectivity index (χ1) is 22.0. The highest BCUT2D eigenvalue weighted by atomic mass is 16.1. The molecule has 7 nitrogen and oxygen atoms in total. The fourth-order valence-corrected chi connectivity index (χ4v) is 6.74. The third-order valence-corrected chi connectivity index (χ3v) is 9.41. The number of anilines is 1. The van der Waals surface area contributed by atoms with E-state index in [9.17, 15) is 9.59 Å². The van der Waals surface area contributed by atoms with Crippen molar-refractivity contribution in [2.24, 2.45) is 0 Å². The number of carbonyl (C=O) groups excluding carboxylic acids is 2. The topological polar surface area (TPSA) is 79.6 Å². The third-order valence-electron chi connectivity index (χ3n) is 9.41. The highest BCUT2D eigenvalue weighted by Crippen LogP contribution is 2.34. The molecule has 1 unspecified atom stereocenters. The molecule has 0 saturated carbocycles. The van der Waals surface area contributed by atoms with Gasteiger partial charge in [0.15, 0.2) is 0 Å². The zero-order valence-corrected chi connectivity index (χ0v) is 26.4. The smallest absolute Gasteiger partial charge is 0.227 e. The molecule has 1 fully saturated rings. The third kappa shape index (κ3) is 6.39. The van der Waals surface area contributed by atoms with Crippen molar-refractivity contribution in [1.82, 2.24) is 19.9 Å². The Bertz CT molecular complexity index is 1780. The van der Waals surface area contributed by atoms with Crippen LogP contribution in [0.4, 0.5) is 5.69 Å². The van der Waals surface area contributed by atoms with Gasteiger partial charge in [-0.2, -0.15) is 5.10 Å². The van der Waals surface area contributed by atoms with Gasteiger partial charge < -0.3 is 15.0 Å². The Kier molecular flexibility index (Phi) is 9.06. The van der Waals surface area contributed by atoms with Gasteiger partial charge in [-0.25, -0.2) is 9.50 Å². The highest BCUT2D eigenvalue weighted by Gasteiger charge is 2.23. The van der Waals surface area contributed by atoms with E-state index in [0.29, 0.717) is 18.8 Å². The van der Waals surface area contributed by atoms with Crippen molar-refractivity contribution in [2.45, 2.75) is 57.8 Å². The van der Waals surface area contributed by atoms with Crippen molar-refractivity contribution < 1.29 is 9.59 Å². The lowest BCUT2D eigenvalue weighted by molar-refractivity contribution is -0.122. The van der Waals surface area contributed by atoms with Crippen LogP contribution in [0.15, 0.2) is 85.3 Å². The lowest BCUT2D eigenvalue weighted by Crippen LogP contribution is -2.32. The van der Waals surface area contributed by atoms with Gasteiger partial charge in [0.05, 0.1) is 17.1 Å². The normalized spacial score (nSPS) is 14.4. The average molecular weight is 600 g/mol. The molecule has 1 atom stereocenters. The van der Waals surface area contributed by atoms with Gasteiger partial charge >= 0.3 is 0 Å². The van der Waals surface area contributed by atoms with Crippen molar-refractivity contribution in [3.05, 3.63) is 108 Å². The van der Waals surface area contributed by atoms with Crippen LogP contribution in [0.3, 0.4) is 0 Å². The second-order valence-corrected chi connectivity index (χ2v) is 12.0. The maximum Gasteiger partial charge on any atom is 0.227 e. The standard InChI is InChI=1S/C38H41N5O2/c1-4-27-7-12-32(22-26(27)2)37-36-23-33(24-43(36)41-25-40-37)29-13-15-34(16-14-29)42-19-17-30(18-20-42)28-8-10-31(11-9-28)35(6-5-21-44)38(45)39-3/h7-16,21-25,30,35H,4-6,17-20H2,1-3H3,(H,39,45). The average Bonchev–Trinajstić information content (AvgIpc) is 3.53. The molecule has 2 aromatic heterocycles. The molecule has 7 heteroatoms. The number of likely N-dealkylation sites (N-methyl/N-ethyl adjacent to an activating group) is 1. The zero-order chi connectivity index (χ0) is 31.3. The number of aromatic nitrogens is 3. The van der Waals surface area contributed by atoms with E-state index in [4.69, 9.17) is 0 Å². The lowest BCUT2D eigenvalue weighted by atomic mass is 9.86. The Balaban J connectivity index is 1.12. The van der Waals surface area contributed by atoms with Crippen LogP contribution >= 0.6 is 0 Å². The predicted molar refractivity (Wildman–Crippen MR) is 181 cm³/mol. The van der Waals surface area contributed by atoms with Crippen molar-refractivity contribution >= 4 is 23.4 Å². The first-order valence-electron chi connectivity index (χ1n) is 16.0. The number of benzene rings is 3. The SMILES string of the molecule is CCc1ccc(-c2ncnn3cc(-c4ccc(N5CCC(c6ccc(C(CCC=O)C(=O)NC)cc6)CC5)cc4)cc23)cc1C. The van der Waals surface area contributed by atoms with Crippen LogP contribution in [0.5, 0.6) is 0 Å². The van der Waals surface area contributed by atoms with Crippen LogP contribution in [0.2, 0.25) is 0 Å². The molecule has 230 valence electrons. The van der Waals surface area contributed by atoms with E-state index >= 15 is 0 Å². The number of hydrogen-bond donors (Lipinski definition) is 1. The summed E-state index contributed by atoms with van der Waals surface area (Å²) in [5.41, 5.74) is 11.5. The fourth-order valence-electron chi connectivity index (χ4n) is 6.74. The van der Waals surface area contributed by atoms with Crippen molar-refractivity contribution in [3.63, 3.8) is 0 Å². The van der Waals surface area contributed by atoms with Crippen molar-refractivity contribution in [1.29, 1.82) is 0 Å². The largest absolute Gasteiger partial charge is 0.371 e. The van der Waals surface area contributed by atoms with Crippen molar-refractivity contribution in [3.8, 4) is 22.4 Å². The molecule has 3 heterocycles. The van der Waals surface area contributed by atoms with E-state index in [1.54, 1.807) is 13.4 Å². The molecule has 45 heavy (non-hydrogen) atoms. The van der Waals surface area contributed by atoms with Gasteiger partial charge in [0.1, 0.15) is 12.6 Å². The summed E-state index contributed by atoms with van der Waals surface area (Å²) < 4.78 is 1.93. The number of nitrogens with zero attached hydrogens (tertiary/aromatic N) is 4. The molecule has 1 saturated heterocycles. The van der Waals surface area contributed by atoms with Gasteiger partial charge in [-0.3, -0.25) is 4.79 Å². The second-order valence-electron chi connectivity index (χ2n) is 12.0. The number of nitrogens with one attached hydrogen (secondary N) is 1. The van der Waals surface area contributed by atoms with Gasteiger partial charge in [0.2, 0.25) is 5.91 Å². The first-order valence-corrected chi connectivity index (χ1v) is 16.0. The number of piperidine rings is 1. The van der Waals surface area contributed by atoms with Crippen LogP contribution < -0.4 is 10.2 Å². The number of rotatable bonds is 10. The summed E-state index contributed by atoms with van der Waals surface area (Å²) in [7, 11) is 1.65. The molecule has 3 aromatic carbocycles. The van der Waals surface area contributed by atoms with E-state index < -0.39 is 0 Å². The summed E-state index contributed by atoms with van der Waals surface area (Å²) in [6, 6.07) is 26.1. The first kappa shape index (κ1) is 30.3. The molecule has 1 amide bonds. The Labute approximate surface area is 265 Å². The summed E-state index contributed by atoms with van der Waals surface area (Å²) in [5.74, 6) is 0.163. The van der Waals surface area contributed by atoms with Crippen LogP contribution in [0, 0.1) is 6.92 Å². The Hall–Kier alpha value is -4.78. The number of hydrogen-bond acceptors (Lipinski definition) is 5. The zero-order valence-electron chi connectivity index (χ0n) is 26.4. The number of amides is 1. The summed E-state index contributed by atoms with van der Waals surface area (Å²) in [5, 5.41) is 7.23. The van der Waals surface area contributed by atoms with Crippen LogP contribution in [0.25, 0.3) is 27.9 Å². The number of fused-ring (bicyclic) bond motifs is 1. The monoisotopic (exact) mass is 599 g/mol. The fraction of sp³-hybridized carbons (Fsp3) is 0.316. The van der Waals surface area contributed by atoms with Crippen LogP contribution in [-0.4, -0.2) is 46.9 Å². The van der Waals surface area contributed by atoms with E-state index in [-0.39, 0.29) is 11.8 Å². The quantitative estimate of drug-likeness (QED) is 0.173. The molecular formula is C38H41N5O2. The van der Waals surface area contributed by atoms with E-state index in [1.807, 2.05) is 4.52 Å². The van der Waals surface area contributed by atoms with Gasteiger partial charge in [-0.05, 0) is 90.6 Å². The highest BCUT2D eigenvalue weighted by molar-refractivity contribution is 5.84. The minimum absolute atomic E-state index is 0.0412. The molecular weight excluding hydrogens is 558 g/mol.